The van der Waals surface area contributed by atoms with Crippen molar-refractivity contribution in [3.05, 3.63) is 53.3 Å². The third-order valence-electron chi connectivity index (χ3n) is 4.22. The van der Waals surface area contributed by atoms with Crippen molar-refractivity contribution in [2.75, 3.05) is 6.54 Å². The van der Waals surface area contributed by atoms with Gasteiger partial charge in [0.1, 0.15) is 0 Å². The highest BCUT2D eigenvalue weighted by atomic mass is 16.4. The molecule has 122 valence electrons. The van der Waals surface area contributed by atoms with Crippen LogP contribution in [-0.4, -0.2) is 32.3 Å². The van der Waals surface area contributed by atoms with Gasteiger partial charge in [-0.2, -0.15) is 5.10 Å². The maximum atomic E-state index is 10.8. The van der Waals surface area contributed by atoms with Crippen LogP contribution in [0.5, 0.6) is 0 Å². The fourth-order valence-corrected chi connectivity index (χ4v) is 3.14. The van der Waals surface area contributed by atoms with Crippen molar-refractivity contribution in [3.8, 4) is 0 Å². The van der Waals surface area contributed by atoms with Gasteiger partial charge in [0, 0.05) is 31.7 Å². The lowest BCUT2D eigenvalue weighted by Gasteiger charge is -2.21. The van der Waals surface area contributed by atoms with Gasteiger partial charge in [0.05, 0.1) is 5.69 Å². The van der Waals surface area contributed by atoms with Crippen LogP contribution in [0, 0.1) is 0 Å². The van der Waals surface area contributed by atoms with Crippen molar-refractivity contribution in [3.63, 3.8) is 0 Å². The van der Waals surface area contributed by atoms with Crippen molar-refractivity contribution in [2.45, 2.75) is 45.3 Å². The Morgan fingerprint density at radius 2 is 2.09 bits per heavy atom. The van der Waals surface area contributed by atoms with Crippen LogP contribution < -0.4 is 0 Å². The summed E-state index contributed by atoms with van der Waals surface area (Å²) in [6, 6.07) is 12.5. The molecule has 2 heterocycles. The monoisotopic (exact) mass is 313 g/mol. The number of benzene rings is 1. The van der Waals surface area contributed by atoms with Gasteiger partial charge < -0.3 is 5.11 Å². The van der Waals surface area contributed by atoms with E-state index in [9.17, 15) is 4.79 Å². The predicted octanol–water partition coefficient (Wildman–Crippen LogP) is 2.70. The summed E-state index contributed by atoms with van der Waals surface area (Å²) in [4.78, 5) is 13.0. The van der Waals surface area contributed by atoms with E-state index in [2.05, 4.69) is 32.9 Å². The summed E-state index contributed by atoms with van der Waals surface area (Å²) in [7, 11) is 0. The Morgan fingerprint density at radius 3 is 2.83 bits per heavy atom. The van der Waals surface area contributed by atoms with E-state index in [4.69, 9.17) is 5.11 Å². The quantitative estimate of drug-likeness (QED) is 0.814. The molecule has 0 fully saturated rings. The molecular formula is C18H23N3O2. The molecule has 2 aromatic rings. The molecular weight excluding hydrogens is 290 g/mol. The second kappa shape index (κ2) is 7.42. The van der Waals surface area contributed by atoms with Gasteiger partial charge in [-0.15, -0.1) is 0 Å². The maximum absolute atomic E-state index is 10.8. The lowest BCUT2D eigenvalue weighted by Crippen LogP contribution is -2.25. The zero-order valence-electron chi connectivity index (χ0n) is 13.3. The number of hydrogen-bond acceptors (Lipinski definition) is 3. The summed E-state index contributed by atoms with van der Waals surface area (Å²) < 4.78 is 2.10. The van der Waals surface area contributed by atoms with Crippen molar-refractivity contribution < 1.29 is 9.90 Å². The van der Waals surface area contributed by atoms with Crippen molar-refractivity contribution in [2.24, 2.45) is 0 Å². The minimum atomic E-state index is -0.731. The standard InChI is InChI=1S/C18H23N3O2/c22-18(23)9-5-10-20(13-15-6-2-1-3-7-15)14-16-12-17-8-4-11-21(17)19-16/h1-3,6-7,12H,4-5,8-11,13-14H2,(H,22,23). The molecule has 1 aliphatic heterocycles. The average Bonchev–Trinajstić information content (AvgIpc) is 3.09. The van der Waals surface area contributed by atoms with Gasteiger partial charge in [0.25, 0.3) is 0 Å². The van der Waals surface area contributed by atoms with Gasteiger partial charge in [-0.25, -0.2) is 0 Å². The van der Waals surface area contributed by atoms with E-state index < -0.39 is 5.97 Å². The molecule has 1 aromatic heterocycles. The SMILES string of the molecule is O=C(O)CCCN(Cc1ccccc1)Cc1cc2n(n1)CCC2. The average molecular weight is 313 g/mol. The second-order valence-electron chi connectivity index (χ2n) is 6.15. The number of carbonyl (C=O) groups is 1. The van der Waals surface area contributed by atoms with Crippen LogP contribution in [0.4, 0.5) is 0 Å². The number of fused-ring (bicyclic) bond motifs is 1. The lowest BCUT2D eigenvalue weighted by molar-refractivity contribution is -0.137. The Morgan fingerprint density at radius 1 is 1.26 bits per heavy atom. The fraction of sp³-hybridized carbons (Fsp3) is 0.444. The molecule has 1 N–H and O–H groups in total. The molecule has 1 aromatic carbocycles. The van der Waals surface area contributed by atoms with Gasteiger partial charge in [-0.1, -0.05) is 30.3 Å². The zero-order valence-corrected chi connectivity index (χ0v) is 13.3. The van der Waals surface area contributed by atoms with Crippen LogP contribution in [-0.2, 0) is 30.8 Å². The molecule has 0 spiro atoms. The Kier molecular flexibility index (Phi) is 5.08. The smallest absolute Gasteiger partial charge is 0.303 e. The molecule has 5 nitrogen and oxygen atoms in total. The number of aromatic nitrogens is 2. The van der Waals surface area contributed by atoms with Crippen LogP contribution in [0.15, 0.2) is 36.4 Å². The molecule has 0 amide bonds. The summed E-state index contributed by atoms with van der Waals surface area (Å²) in [5.74, 6) is -0.731. The van der Waals surface area contributed by atoms with E-state index in [1.54, 1.807) is 0 Å². The number of carboxylic acid groups (broad SMARTS) is 1. The van der Waals surface area contributed by atoms with Gasteiger partial charge in [-0.3, -0.25) is 14.4 Å². The summed E-state index contributed by atoms with van der Waals surface area (Å²) in [6.07, 6.45) is 3.18. The Hall–Kier alpha value is -2.14. The van der Waals surface area contributed by atoms with Crippen LogP contribution in [0.3, 0.4) is 0 Å². The first-order chi connectivity index (χ1) is 11.2. The molecule has 0 bridgehead atoms. The highest BCUT2D eigenvalue weighted by Gasteiger charge is 2.16. The number of rotatable bonds is 8. The Balaban J connectivity index is 1.64. The molecule has 0 aliphatic carbocycles. The van der Waals surface area contributed by atoms with Crippen LogP contribution in [0.1, 0.15) is 36.2 Å². The Labute approximate surface area is 136 Å². The molecule has 0 atom stereocenters. The first kappa shape index (κ1) is 15.7. The van der Waals surface area contributed by atoms with Crippen molar-refractivity contribution in [1.29, 1.82) is 0 Å². The fourth-order valence-electron chi connectivity index (χ4n) is 3.14. The van der Waals surface area contributed by atoms with Gasteiger partial charge in [0.15, 0.2) is 0 Å². The minimum absolute atomic E-state index is 0.213. The van der Waals surface area contributed by atoms with Crippen LogP contribution in [0.25, 0.3) is 0 Å². The van der Waals surface area contributed by atoms with Gasteiger partial charge in [0.2, 0.25) is 0 Å². The van der Waals surface area contributed by atoms with Crippen LogP contribution >= 0.6 is 0 Å². The molecule has 0 unspecified atom stereocenters. The largest absolute Gasteiger partial charge is 0.481 e. The number of aryl methyl sites for hydroxylation is 2. The second-order valence-corrected chi connectivity index (χ2v) is 6.15. The molecule has 0 saturated carbocycles. The normalized spacial score (nSPS) is 13.4. The summed E-state index contributed by atoms with van der Waals surface area (Å²) in [5, 5.41) is 13.5. The van der Waals surface area contributed by atoms with E-state index in [-0.39, 0.29) is 6.42 Å². The molecule has 1 aliphatic rings. The summed E-state index contributed by atoms with van der Waals surface area (Å²) in [6.45, 7) is 3.38. The van der Waals surface area contributed by atoms with E-state index in [0.29, 0.717) is 6.42 Å². The van der Waals surface area contributed by atoms with Crippen molar-refractivity contribution >= 4 is 5.97 Å². The maximum Gasteiger partial charge on any atom is 0.303 e. The lowest BCUT2D eigenvalue weighted by atomic mass is 10.2. The van der Waals surface area contributed by atoms with Crippen LogP contribution in [0.2, 0.25) is 0 Å². The molecule has 3 rings (SSSR count). The van der Waals surface area contributed by atoms with E-state index >= 15 is 0 Å². The summed E-state index contributed by atoms with van der Waals surface area (Å²) in [5.41, 5.74) is 3.66. The first-order valence-corrected chi connectivity index (χ1v) is 8.24. The topological polar surface area (TPSA) is 58.4 Å². The third-order valence-corrected chi connectivity index (χ3v) is 4.22. The van der Waals surface area contributed by atoms with E-state index in [0.717, 1.165) is 38.3 Å². The molecule has 5 heteroatoms. The van der Waals surface area contributed by atoms with Gasteiger partial charge >= 0.3 is 5.97 Å². The number of hydrogen-bond donors (Lipinski definition) is 1. The van der Waals surface area contributed by atoms with E-state index in [1.807, 2.05) is 18.2 Å². The van der Waals surface area contributed by atoms with E-state index in [1.165, 1.54) is 17.7 Å². The number of carboxylic acids is 1. The highest BCUT2D eigenvalue weighted by molar-refractivity contribution is 5.66. The zero-order chi connectivity index (χ0) is 16.1. The third kappa shape index (κ3) is 4.42. The number of nitrogens with zero attached hydrogens (tertiary/aromatic N) is 3. The van der Waals surface area contributed by atoms with Crippen molar-refractivity contribution in [1.82, 2.24) is 14.7 Å². The molecule has 0 radical (unpaired) electrons. The Bertz CT molecular complexity index is 630. The summed E-state index contributed by atoms with van der Waals surface area (Å²) >= 11 is 0. The molecule has 0 saturated heterocycles. The number of aliphatic carboxylic acids is 1. The molecule has 23 heavy (non-hydrogen) atoms. The first-order valence-electron chi connectivity index (χ1n) is 8.24. The predicted molar refractivity (Wildman–Crippen MR) is 88.0 cm³/mol. The highest BCUT2D eigenvalue weighted by Crippen LogP contribution is 2.17. The minimum Gasteiger partial charge on any atom is -0.481 e. The van der Waals surface area contributed by atoms with Gasteiger partial charge in [-0.05, 0) is 37.4 Å².